The SMILES string of the molecule is Cc1ccccc1CNC(=O)c1ccnc(Nc2ccc(Br)cc2)n1. The third-order valence-corrected chi connectivity index (χ3v) is 4.22. The van der Waals surface area contributed by atoms with Crippen molar-refractivity contribution in [2.75, 3.05) is 5.32 Å². The molecule has 1 aromatic heterocycles. The van der Waals surface area contributed by atoms with Crippen molar-refractivity contribution in [1.29, 1.82) is 0 Å². The van der Waals surface area contributed by atoms with Gasteiger partial charge in [-0.3, -0.25) is 4.79 Å². The molecule has 2 N–H and O–H groups in total. The van der Waals surface area contributed by atoms with Crippen LogP contribution in [0, 0.1) is 6.92 Å². The van der Waals surface area contributed by atoms with E-state index in [1.807, 2.05) is 55.5 Å². The maximum Gasteiger partial charge on any atom is 0.270 e. The quantitative estimate of drug-likeness (QED) is 0.677. The number of carbonyl (C=O) groups excluding carboxylic acids is 1. The van der Waals surface area contributed by atoms with Crippen molar-refractivity contribution in [3.63, 3.8) is 0 Å². The van der Waals surface area contributed by atoms with E-state index >= 15 is 0 Å². The van der Waals surface area contributed by atoms with E-state index in [1.165, 1.54) is 0 Å². The van der Waals surface area contributed by atoms with E-state index in [2.05, 4.69) is 36.5 Å². The van der Waals surface area contributed by atoms with Crippen molar-refractivity contribution in [2.45, 2.75) is 13.5 Å². The second-order valence-electron chi connectivity index (χ2n) is 5.51. The predicted molar refractivity (Wildman–Crippen MR) is 102 cm³/mol. The van der Waals surface area contributed by atoms with Crippen LogP contribution in [0.25, 0.3) is 0 Å². The summed E-state index contributed by atoms with van der Waals surface area (Å²) < 4.78 is 0.989. The lowest BCUT2D eigenvalue weighted by molar-refractivity contribution is 0.0946. The fraction of sp³-hybridized carbons (Fsp3) is 0.105. The lowest BCUT2D eigenvalue weighted by Crippen LogP contribution is -2.24. The van der Waals surface area contributed by atoms with E-state index in [0.29, 0.717) is 18.2 Å². The van der Waals surface area contributed by atoms with E-state index < -0.39 is 0 Å². The maximum absolute atomic E-state index is 12.3. The van der Waals surface area contributed by atoms with Gasteiger partial charge in [0.05, 0.1) is 0 Å². The molecule has 0 bridgehead atoms. The van der Waals surface area contributed by atoms with Gasteiger partial charge in [0.2, 0.25) is 5.95 Å². The molecule has 0 aliphatic heterocycles. The summed E-state index contributed by atoms with van der Waals surface area (Å²) in [6.45, 7) is 2.48. The maximum atomic E-state index is 12.3. The normalized spacial score (nSPS) is 10.3. The smallest absolute Gasteiger partial charge is 0.270 e. The van der Waals surface area contributed by atoms with E-state index in [-0.39, 0.29) is 5.91 Å². The zero-order valence-electron chi connectivity index (χ0n) is 13.7. The molecule has 0 spiro atoms. The summed E-state index contributed by atoms with van der Waals surface area (Å²) in [6.07, 6.45) is 1.57. The number of nitrogens with one attached hydrogen (secondary N) is 2. The molecule has 126 valence electrons. The largest absolute Gasteiger partial charge is 0.347 e. The highest BCUT2D eigenvalue weighted by Crippen LogP contribution is 2.17. The zero-order chi connectivity index (χ0) is 17.6. The van der Waals surface area contributed by atoms with Crippen LogP contribution in [-0.2, 0) is 6.54 Å². The average Bonchev–Trinajstić information content (AvgIpc) is 2.63. The number of amides is 1. The Morgan fingerprint density at radius 2 is 1.84 bits per heavy atom. The lowest BCUT2D eigenvalue weighted by Gasteiger charge is -2.09. The first-order valence-electron chi connectivity index (χ1n) is 7.80. The minimum atomic E-state index is -0.232. The molecule has 0 aliphatic carbocycles. The van der Waals surface area contributed by atoms with Crippen molar-refractivity contribution in [3.8, 4) is 0 Å². The summed E-state index contributed by atoms with van der Waals surface area (Å²) in [4.78, 5) is 20.8. The molecule has 3 rings (SSSR count). The minimum Gasteiger partial charge on any atom is -0.347 e. The van der Waals surface area contributed by atoms with Gasteiger partial charge in [0, 0.05) is 22.9 Å². The third kappa shape index (κ3) is 4.64. The number of hydrogen-bond donors (Lipinski definition) is 2. The van der Waals surface area contributed by atoms with Crippen LogP contribution in [0.2, 0.25) is 0 Å². The monoisotopic (exact) mass is 396 g/mol. The van der Waals surface area contributed by atoms with Gasteiger partial charge in [-0.25, -0.2) is 9.97 Å². The average molecular weight is 397 g/mol. The Balaban J connectivity index is 1.67. The Kier molecular flexibility index (Phi) is 5.40. The molecule has 0 unspecified atom stereocenters. The molecule has 0 fully saturated rings. The summed E-state index contributed by atoms with van der Waals surface area (Å²) in [5, 5.41) is 5.98. The number of nitrogens with zero attached hydrogens (tertiary/aromatic N) is 2. The number of anilines is 2. The molecule has 1 amide bonds. The van der Waals surface area contributed by atoms with Crippen molar-refractivity contribution in [3.05, 3.63) is 82.1 Å². The van der Waals surface area contributed by atoms with Crippen molar-refractivity contribution >= 4 is 33.5 Å². The highest BCUT2D eigenvalue weighted by atomic mass is 79.9. The van der Waals surface area contributed by atoms with Crippen LogP contribution in [0.4, 0.5) is 11.6 Å². The summed E-state index contributed by atoms with van der Waals surface area (Å²) in [5.41, 5.74) is 3.39. The number of rotatable bonds is 5. The van der Waals surface area contributed by atoms with Gasteiger partial charge in [-0.1, -0.05) is 40.2 Å². The van der Waals surface area contributed by atoms with Crippen LogP contribution in [0.5, 0.6) is 0 Å². The van der Waals surface area contributed by atoms with Gasteiger partial charge in [-0.15, -0.1) is 0 Å². The van der Waals surface area contributed by atoms with Crippen LogP contribution in [0.3, 0.4) is 0 Å². The van der Waals surface area contributed by atoms with Crippen molar-refractivity contribution in [1.82, 2.24) is 15.3 Å². The van der Waals surface area contributed by atoms with Gasteiger partial charge in [0.15, 0.2) is 0 Å². The first-order chi connectivity index (χ1) is 12.1. The van der Waals surface area contributed by atoms with Gasteiger partial charge in [0.1, 0.15) is 5.69 Å². The highest BCUT2D eigenvalue weighted by molar-refractivity contribution is 9.10. The second-order valence-corrected chi connectivity index (χ2v) is 6.42. The molecule has 2 aromatic carbocycles. The van der Waals surface area contributed by atoms with Crippen LogP contribution in [0.1, 0.15) is 21.6 Å². The number of carbonyl (C=O) groups is 1. The molecule has 0 atom stereocenters. The van der Waals surface area contributed by atoms with E-state index in [0.717, 1.165) is 21.3 Å². The fourth-order valence-corrected chi connectivity index (χ4v) is 2.55. The fourth-order valence-electron chi connectivity index (χ4n) is 2.28. The molecule has 5 nitrogen and oxygen atoms in total. The summed E-state index contributed by atoms with van der Waals surface area (Å²) in [6, 6.07) is 17.2. The van der Waals surface area contributed by atoms with Crippen LogP contribution < -0.4 is 10.6 Å². The molecule has 0 saturated heterocycles. The topological polar surface area (TPSA) is 66.9 Å². The van der Waals surface area contributed by atoms with Gasteiger partial charge >= 0.3 is 0 Å². The minimum absolute atomic E-state index is 0.232. The van der Waals surface area contributed by atoms with Crippen molar-refractivity contribution in [2.24, 2.45) is 0 Å². The van der Waals surface area contributed by atoms with Gasteiger partial charge in [-0.2, -0.15) is 0 Å². The third-order valence-electron chi connectivity index (χ3n) is 3.69. The number of aromatic nitrogens is 2. The Hall–Kier alpha value is -2.73. The van der Waals surface area contributed by atoms with Gasteiger partial charge < -0.3 is 10.6 Å². The van der Waals surface area contributed by atoms with Crippen LogP contribution in [-0.4, -0.2) is 15.9 Å². The molecule has 1 heterocycles. The molecule has 25 heavy (non-hydrogen) atoms. The highest BCUT2D eigenvalue weighted by Gasteiger charge is 2.09. The van der Waals surface area contributed by atoms with Crippen molar-refractivity contribution < 1.29 is 4.79 Å². The van der Waals surface area contributed by atoms with Gasteiger partial charge in [0.25, 0.3) is 5.91 Å². The first-order valence-corrected chi connectivity index (χ1v) is 8.59. The Labute approximate surface area is 154 Å². The number of aryl methyl sites for hydroxylation is 1. The molecule has 0 radical (unpaired) electrons. The summed E-state index contributed by atoms with van der Waals surface area (Å²) >= 11 is 3.39. The van der Waals surface area contributed by atoms with Gasteiger partial charge in [-0.05, 0) is 48.4 Å². The molecule has 6 heteroatoms. The standard InChI is InChI=1S/C19H17BrN4O/c1-13-4-2-3-5-14(13)12-22-18(25)17-10-11-21-19(24-17)23-16-8-6-15(20)7-9-16/h2-11H,12H2,1H3,(H,22,25)(H,21,23,24). The Bertz CT molecular complexity index is 881. The zero-order valence-corrected chi connectivity index (χ0v) is 15.2. The van der Waals surface area contributed by atoms with Crippen LogP contribution in [0.15, 0.2) is 65.3 Å². The molecule has 0 saturated carbocycles. The number of hydrogen-bond acceptors (Lipinski definition) is 4. The molecular formula is C19H17BrN4O. The number of halogens is 1. The Morgan fingerprint density at radius 1 is 1.08 bits per heavy atom. The van der Waals surface area contributed by atoms with E-state index in [4.69, 9.17) is 0 Å². The van der Waals surface area contributed by atoms with Crippen LogP contribution >= 0.6 is 15.9 Å². The first kappa shape index (κ1) is 17.1. The lowest BCUT2D eigenvalue weighted by atomic mass is 10.1. The number of benzene rings is 2. The molecule has 3 aromatic rings. The molecule has 0 aliphatic rings. The second kappa shape index (κ2) is 7.90. The Morgan fingerprint density at radius 3 is 2.60 bits per heavy atom. The predicted octanol–water partition coefficient (Wildman–Crippen LogP) is 4.22. The molecular weight excluding hydrogens is 380 g/mol. The van der Waals surface area contributed by atoms with E-state index in [9.17, 15) is 4.79 Å². The van der Waals surface area contributed by atoms with E-state index in [1.54, 1.807) is 12.3 Å². The summed E-state index contributed by atoms with van der Waals surface area (Å²) in [5.74, 6) is 0.148. The summed E-state index contributed by atoms with van der Waals surface area (Å²) in [7, 11) is 0.